The molecule has 1 N–H and O–H groups in total. The molecule has 0 spiro atoms. The first-order valence-corrected chi connectivity index (χ1v) is 7.70. The summed E-state index contributed by atoms with van der Waals surface area (Å²) in [6.45, 7) is 4.14. The number of halogens is 1. The first-order chi connectivity index (χ1) is 8.55. The van der Waals surface area contributed by atoms with Crippen LogP contribution in [0.5, 0.6) is 0 Å². The Morgan fingerprint density at radius 3 is 2.79 bits per heavy atom. The fourth-order valence-electron chi connectivity index (χ4n) is 2.25. The molecule has 0 aromatic carbocycles. The molecule has 8 heteroatoms. The van der Waals surface area contributed by atoms with Crippen LogP contribution in [-0.4, -0.2) is 48.0 Å². The summed E-state index contributed by atoms with van der Waals surface area (Å²) in [4.78, 5) is 3.97. The number of aromatic nitrogens is 2. The van der Waals surface area contributed by atoms with Crippen molar-refractivity contribution in [2.45, 2.75) is 30.8 Å². The van der Waals surface area contributed by atoms with Crippen molar-refractivity contribution in [3.8, 4) is 0 Å². The van der Waals surface area contributed by atoms with Gasteiger partial charge < -0.3 is 9.88 Å². The summed E-state index contributed by atoms with van der Waals surface area (Å²) in [5, 5.41) is 3.35. The summed E-state index contributed by atoms with van der Waals surface area (Å²) in [6.07, 6.45) is 4.75. The molecule has 1 aromatic heterocycles. The highest BCUT2D eigenvalue weighted by atomic mass is 35.5. The quantitative estimate of drug-likeness (QED) is 0.865. The average molecular weight is 309 g/mol. The van der Waals surface area contributed by atoms with E-state index in [1.165, 1.54) is 6.33 Å². The normalized spacial score (nSPS) is 19.6. The predicted octanol–water partition coefficient (Wildman–Crippen LogP) is 0.604. The molecule has 1 fully saturated rings. The maximum absolute atomic E-state index is 12.5. The lowest BCUT2D eigenvalue weighted by Crippen LogP contribution is -2.42. The van der Waals surface area contributed by atoms with Crippen LogP contribution >= 0.6 is 12.4 Å². The number of aryl methyl sites for hydroxylation is 1. The Morgan fingerprint density at radius 2 is 2.32 bits per heavy atom. The highest BCUT2D eigenvalue weighted by molar-refractivity contribution is 7.89. The van der Waals surface area contributed by atoms with Gasteiger partial charge in [0.05, 0.1) is 6.33 Å². The van der Waals surface area contributed by atoms with Crippen LogP contribution in [0.4, 0.5) is 0 Å². The van der Waals surface area contributed by atoms with Gasteiger partial charge in [0.1, 0.15) is 0 Å². The second-order valence-corrected chi connectivity index (χ2v) is 6.48. The van der Waals surface area contributed by atoms with E-state index in [1.807, 2.05) is 6.92 Å². The maximum atomic E-state index is 12.5. The first-order valence-electron chi connectivity index (χ1n) is 6.26. The molecule has 1 aliphatic heterocycles. The summed E-state index contributed by atoms with van der Waals surface area (Å²) in [7, 11) is -1.69. The van der Waals surface area contributed by atoms with Gasteiger partial charge >= 0.3 is 0 Å². The standard InChI is InChI=1S/C11H20N4O2S.ClH/c1-3-6-15(10-4-5-12-7-10)18(16,17)11-8-14(2)9-13-11;/h8-10,12H,3-7H2,1-2H3;1H. The molecule has 2 rings (SSSR count). The summed E-state index contributed by atoms with van der Waals surface area (Å²) in [5.74, 6) is 0. The number of rotatable bonds is 5. The Morgan fingerprint density at radius 1 is 1.58 bits per heavy atom. The highest BCUT2D eigenvalue weighted by Crippen LogP contribution is 2.20. The number of nitrogens with zero attached hydrogens (tertiary/aromatic N) is 3. The van der Waals surface area contributed by atoms with Gasteiger partial charge in [0, 0.05) is 32.4 Å². The fourth-order valence-corrected chi connectivity index (χ4v) is 3.96. The van der Waals surface area contributed by atoms with Crippen molar-refractivity contribution >= 4 is 22.4 Å². The molecule has 0 bridgehead atoms. The van der Waals surface area contributed by atoms with E-state index in [-0.39, 0.29) is 23.5 Å². The zero-order valence-corrected chi connectivity index (χ0v) is 12.9. The Hall–Kier alpha value is -0.630. The predicted molar refractivity (Wildman–Crippen MR) is 75.9 cm³/mol. The minimum absolute atomic E-state index is 0. The molecule has 1 atom stereocenters. The van der Waals surface area contributed by atoms with E-state index in [2.05, 4.69) is 10.3 Å². The van der Waals surface area contributed by atoms with E-state index in [0.29, 0.717) is 6.54 Å². The van der Waals surface area contributed by atoms with E-state index < -0.39 is 10.0 Å². The third-order valence-electron chi connectivity index (χ3n) is 3.14. The Balaban J connectivity index is 0.00000180. The van der Waals surface area contributed by atoms with Crippen LogP contribution in [0.25, 0.3) is 0 Å². The van der Waals surface area contributed by atoms with Gasteiger partial charge in [-0.25, -0.2) is 13.4 Å². The second-order valence-electron chi connectivity index (χ2n) is 4.64. The molecular weight excluding hydrogens is 288 g/mol. The minimum atomic E-state index is -3.46. The summed E-state index contributed by atoms with van der Waals surface area (Å²) >= 11 is 0. The number of hydrogen-bond donors (Lipinski definition) is 1. The zero-order valence-electron chi connectivity index (χ0n) is 11.2. The maximum Gasteiger partial charge on any atom is 0.262 e. The van der Waals surface area contributed by atoms with Gasteiger partial charge in [-0.3, -0.25) is 0 Å². The molecule has 0 aliphatic carbocycles. The van der Waals surface area contributed by atoms with Gasteiger partial charge in [0.15, 0.2) is 5.03 Å². The molecule has 1 saturated heterocycles. The monoisotopic (exact) mass is 308 g/mol. The third kappa shape index (κ3) is 3.47. The fraction of sp³-hybridized carbons (Fsp3) is 0.727. The summed E-state index contributed by atoms with van der Waals surface area (Å²) in [5.41, 5.74) is 0. The van der Waals surface area contributed by atoms with Crippen molar-refractivity contribution < 1.29 is 8.42 Å². The van der Waals surface area contributed by atoms with Crippen molar-refractivity contribution in [2.24, 2.45) is 7.05 Å². The Labute approximate surface area is 120 Å². The van der Waals surface area contributed by atoms with Crippen LogP contribution in [0.3, 0.4) is 0 Å². The molecule has 1 unspecified atom stereocenters. The van der Waals surface area contributed by atoms with Crippen LogP contribution in [-0.2, 0) is 17.1 Å². The lowest BCUT2D eigenvalue weighted by Gasteiger charge is -2.26. The molecule has 2 heterocycles. The van der Waals surface area contributed by atoms with Crippen LogP contribution < -0.4 is 5.32 Å². The lowest BCUT2D eigenvalue weighted by molar-refractivity contribution is 0.334. The SMILES string of the molecule is CCCN(C1CCNC1)S(=O)(=O)c1cn(C)cn1.Cl. The number of hydrogen-bond acceptors (Lipinski definition) is 4. The first kappa shape index (κ1) is 16.4. The molecule has 0 radical (unpaired) electrons. The van der Waals surface area contributed by atoms with Crippen molar-refractivity contribution in [3.05, 3.63) is 12.5 Å². The second kappa shape index (κ2) is 6.69. The lowest BCUT2D eigenvalue weighted by atomic mass is 10.2. The van der Waals surface area contributed by atoms with Crippen LogP contribution in [0.2, 0.25) is 0 Å². The number of nitrogens with one attached hydrogen (secondary N) is 1. The molecule has 0 amide bonds. The van der Waals surface area contributed by atoms with E-state index in [4.69, 9.17) is 0 Å². The third-order valence-corrected chi connectivity index (χ3v) is 4.98. The van der Waals surface area contributed by atoms with Gasteiger partial charge in [0.2, 0.25) is 0 Å². The Kier molecular flexibility index (Phi) is 5.79. The number of imidazole rings is 1. The van der Waals surface area contributed by atoms with Gasteiger partial charge in [-0.2, -0.15) is 4.31 Å². The van der Waals surface area contributed by atoms with Crippen molar-refractivity contribution in [1.82, 2.24) is 19.2 Å². The van der Waals surface area contributed by atoms with Crippen LogP contribution in [0.1, 0.15) is 19.8 Å². The van der Waals surface area contributed by atoms with Gasteiger partial charge in [0.25, 0.3) is 10.0 Å². The molecule has 1 aliphatic rings. The smallest absolute Gasteiger partial charge is 0.262 e. The molecule has 0 saturated carbocycles. The largest absolute Gasteiger partial charge is 0.339 e. The van der Waals surface area contributed by atoms with Gasteiger partial charge in [-0.1, -0.05) is 6.92 Å². The van der Waals surface area contributed by atoms with Crippen molar-refractivity contribution in [1.29, 1.82) is 0 Å². The molecule has 6 nitrogen and oxygen atoms in total. The highest BCUT2D eigenvalue weighted by Gasteiger charge is 2.33. The zero-order chi connectivity index (χ0) is 13.2. The number of sulfonamides is 1. The molecule has 1 aromatic rings. The summed E-state index contributed by atoms with van der Waals surface area (Å²) < 4.78 is 28.3. The van der Waals surface area contributed by atoms with E-state index in [9.17, 15) is 8.42 Å². The van der Waals surface area contributed by atoms with Gasteiger partial charge in [-0.05, 0) is 19.4 Å². The Bertz CT molecular complexity index is 497. The topological polar surface area (TPSA) is 67.2 Å². The molecule has 19 heavy (non-hydrogen) atoms. The van der Waals surface area contributed by atoms with Crippen LogP contribution in [0.15, 0.2) is 17.6 Å². The van der Waals surface area contributed by atoms with Gasteiger partial charge in [-0.15, -0.1) is 12.4 Å². The average Bonchev–Trinajstić information content (AvgIpc) is 2.96. The molecular formula is C11H21ClN4O2S. The van der Waals surface area contributed by atoms with Crippen molar-refractivity contribution in [2.75, 3.05) is 19.6 Å². The van der Waals surface area contributed by atoms with Crippen molar-refractivity contribution in [3.63, 3.8) is 0 Å². The minimum Gasteiger partial charge on any atom is -0.339 e. The van der Waals surface area contributed by atoms with E-state index >= 15 is 0 Å². The molecule has 110 valence electrons. The van der Waals surface area contributed by atoms with E-state index in [1.54, 1.807) is 22.1 Å². The van der Waals surface area contributed by atoms with E-state index in [0.717, 1.165) is 25.9 Å². The summed E-state index contributed by atoms with van der Waals surface area (Å²) in [6, 6.07) is 0.0527. The van der Waals surface area contributed by atoms with Crippen LogP contribution in [0, 0.1) is 0 Å².